The molecule has 0 spiro atoms. The number of rotatable bonds is 5. The highest BCUT2D eigenvalue weighted by molar-refractivity contribution is 5.96. The van der Waals surface area contributed by atoms with Crippen molar-refractivity contribution in [3.8, 4) is 11.5 Å². The van der Waals surface area contributed by atoms with Crippen LogP contribution in [0.3, 0.4) is 0 Å². The van der Waals surface area contributed by atoms with Crippen molar-refractivity contribution in [3.05, 3.63) is 41.6 Å². The summed E-state index contributed by atoms with van der Waals surface area (Å²) in [6, 6.07) is 7.55. The molecule has 2 heterocycles. The van der Waals surface area contributed by atoms with Gasteiger partial charge in [0.05, 0.1) is 14.2 Å². The Morgan fingerprint density at radius 1 is 1.26 bits per heavy atom. The van der Waals surface area contributed by atoms with E-state index in [-0.39, 0.29) is 11.9 Å². The van der Waals surface area contributed by atoms with Crippen molar-refractivity contribution in [1.82, 2.24) is 15.1 Å². The zero-order chi connectivity index (χ0) is 19.4. The van der Waals surface area contributed by atoms with Gasteiger partial charge in [-0.3, -0.25) is 4.79 Å². The molecule has 2 aromatic rings. The Morgan fingerprint density at radius 3 is 2.67 bits per heavy atom. The van der Waals surface area contributed by atoms with Gasteiger partial charge in [0.2, 0.25) is 0 Å². The number of likely N-dealkylation sites (N-methyl/N-ethyl adjacent to an activating group) is 1. The predicted molar refractivity (Wildman–Crippen MR) is 104 cm³/mol. The van der Waals surface area contributed by atoms with Gasteiger partial charge in [-0.15, -0.1) is 5.10 Å². The molecule has 0 bridgehead atoms. The summed E-state index contributed by atoms with van der Waals surface area (Å²) in [4.78, 5) is 17.2. The maximum Gasteiger partial charge on any atom is 0.254 e. The number of benzene rings is 1. The lowest BCUT2D eigenvalue weighted by Crippen LogP contribution is -2.49. The van der Waals surface area contributed by atoms with Crippen LogP contribution >= 0.6 is 0 Å². The summed E-state index contributed by atoms with van der Waals surface area (Å²) in [6.07, 6.45) is 3.63. The number of carbonyl (C=O) groups excluding carboxylic acids is 1. The molecule has 1 aliphatic rings. The first-order chi connectivity index (χ1) is 13.0. The van der Waals surface area contributed by atoms with E-state index in [0.29, 0.717) is 17.1 Å². The lowest BCUT2D eigenvalue weighted by molar-refractivity contribution is 0.0716. The molecule has 7 nitrogen and oxygen atoms in total. The van der Waals surface area contributed by atoms with E-state index in [2.05, 4.69) is 15.1 Å². The molecule has 144 valence electrons. The van der Waals surface area contributed by atoms with Crippen LogP contribution in [0.25, 0.3) is 0 Å². The number of amides is 1. The molecule has 1 aromatic heterocycles. The fourth-order valence-electron chi connectivity index (χ4n) is 3.51. The number of anilines is 1. The topological polar surface area (TPSA) is 67.8 Å². The SMILES string of the molecule is COc1cc(C)c(C(=O)N(C)C2CCCN(c3cccnn3)C2)cc1OC. The minimum absolute atomic E-state index is 0.0144. The van der Waals surface area contributed by atoms with Gasteiger partial charge in [0.15, 0.2) is 17.3 Å². The van der Waals surface area contributed by atoms with Crippen molar-refractivity contribution in [3.63, 3.8) is 0 Å². The Balaban J connectivity index is 1.79. The van der Waals surface area contributed by atoms with Crippen LogP contribution in [0, 0.1) is 6.92 Å². The quantitative estimate of drug-likeness (QED) is 0.806. The van der Waals surface area contributed by atoms with Gasteiger partial charge in [-0.2, -0.15) is 5.10 Å². The van der Waals surface area contributed by atoms with E-state index in [0.717, 1.165) is 37.3 Å². The first-order valence-electron chi connectivity index (χ1n) is 9.07. The molecule has 0 N–H and O–H groups in total. The van der Waals surface area contributed by atoms with Crippen LogP contribution in [0.5, 0.6) is 11.5 Å². The average molecular weight is 370 g/mol. The molecule has 1 aromatic carbocycles. The molecule has 3 rings (SSSR count). The Morgan fingerprint density at radius 2 is 2.00 bits per heavy atom. The fourth-order valence-corrected chi connectivity index (χ4v) is 3.51. The summed E-state index contributed by atoms with van der Waals surface area (Å²) in [5, 5.41) is 8.16. The molecule has 1 saturated heterocycles. The minimum Gasteiger partial charge on any atom is -0.493 e. The predicted octanol–water partition coefficient (Wildman–Crippen LogP) is 2.54. The second kappa shape index (κ2) is 8.24. The fraction of sp³-hybridized carbons (Fsp3) is 0.450. The summed E-state index contributed by atoms with van der Waals surface area (Å²) >= 11 is 0. The number of hydrogen-bond acceptors (Lipinski definition) is 6. The summed E-state index contributed by atoms with van der Waals surface area (Å²) in [5.41, 5.74) is 1.50. The van der Waals surface area contributed by atoms with Gasteiger partial charge in [0, 0.05) is 37.9 Å². The smallest absolute Gasteiger partial charge is 0.254 e. The molecule has 0 aliphatic carbocycles. The first kappa shape index (κ1) is 18.9. The van der Waals surface area contributed by atoms with Gasteiger partial charge in [-0.1, -0.05) is 0 Å². The van der Waals surface area contributed by atoms with Gasteiger partial charge >= 0.3 is 0 Å². The number of aromatic nitrogens is 2. The summed E-state index contributed by atoms with van der Waals surface area (Å²) in [6.45, 7) is 3.58. The highest BCUT2D eigenvalue weighted by atomic mass is 16.5. The third-order valence-corrected chi connectivity index (χ3v) is 5.11. The Kier molecular flexibility index (Phi) is 5.78. The van der Waals surface area contributed by atoms with Crippen molar-refractivity contribution in [2.75, 3.05) is 39.3 Å². The van der Waals surface area contributed by atoms with Gasteiger partial charge in [0.25, 0.3) is 5.91 Å². The molecule has 7 heteroatoms. The molecular formula is C20H26N4O3. The van der Waals surface area contributed by atoms with Gasteiger partial charge < -0.3 is 19.3 Å². The lowest BCUT2D eigenvalue weighted by Gasteiger charge is -2.38. The minimum atomic E-state index is -0.0144. The van der Waals surface area contributed by atoms with Crippen LogP contribution in [-0.2, 0) is 0 Å². The Labute approximate surface area is 159 Å². The van der Waals surface area contributed by atoms with Crippen molar-refractivity contribution in [1.29, 1.82) is 0 Å². The maximum atomic E-state index is 13.2. The standard InChI is InChI=1S/C20H26N4O3/c1-14-11-17(26-3)18(27-4)12-16(14)20(25)23(2)15-7-6-10-24(13-15)19-8-5-9-21-22-19/h5,8-9,11-12,15H,6-7,10,13H2,1-4H3. The number of ether oxygens (including phenoxy) is 2. The third kappa shape index (κ3) is 3.97. The average Bonchev–Trinajstić information content (AvgIpc) is 2.73. The second-order valence-electron chi connectivity index (χ2n) is 6.76. The first-order valence-corrected chi connectivity index (χ1v) is 9.07. The van der Waals surface area contributed by atoms with Crippen molar-refractivity contribution >= 4 is 11.7 Å². The zero-order valence-electron chi connectivity index (χ0n) is 16.3. The summed E-state index contributed by atoms with van der Waals surface area (Å²) in [5.74, 6) is 2.02. The highest BCUT2D eigenvalue weighted by Gasteiger charge is 2.28. The third-order valence-electron chi connectivity index (χ3n) is 5.11. The molecule has 1 unspecified atom stereocenters. The molecular weight excluding hydrogens is 344 g/mol. The monoisotopic (exact) mass is 370 g/mol. The van der Waals surface area contributed by atoms with Crippen LogP contribution in [0.1, 0.15) is 28.8 Å². The molecule has 1 amide bonds. The van der Waals surface area contributed by atoms with Crippen molar-refractivity contribution < 1.29 is 14.3 Å². The normalized spacial score (nSPS) is 16.7. The largest absolute Gasteiger partial charge is 0.493 e. The van der Waals surface area contributed by atoms with Crippen LogP contribution < -0.4 is 14.4 Å². The van der Waals surface area contributed by atoms with E-state index < -0.39 is 0 Å². The van der Waals surface area contributed by atoms with Crippen LogP contribution in [-0.4, -0.2) is 61.4 Å². The Hall–Kier alpha value is -2.83. The highest BCUT2D eigenvalue weighted by Crippen LogP contribution is 2.31. The van der Waals surface area contributed by atoms with Crippen LogP contribution in [0.2, 0.25) is 0 Å². The lowest BCUT2D eigenvalue weighted by atomic mass is 10.0. The number of nitrogens with zero attached hydrogens (tertiary/aromatic N) is 4. The number of piperidine rings is 1. The summed E-state index contributed by atoms with van der Waals surface area (Å²) in [7, 11) is 5.03. The van der Waals surface area contributed by atoms with E-state index in [1.54, 1.807) is 26.5 Å². The molecule has 0 radical (unpaired) electrons. The number of hydrogen-bond donors (Lipinski definition) is 0. The van der Waals surface area contributed by atoms with E-state index in [1.807, 2.05) is 37.1 Å². The zero-order valence-corrected chi connectivity index (χ0v) is 16.3. The van der Waals surface area contributed by atoms with Crippen LogP contribution in [0.15, 0.2) is 30.5 Å². The summed E-state index contributed by atoms with van der Waals surface area (Å²) < 4.78 is 10.7. The molecule has 1 aliphatic heterocycles. The number of carbonyl (C=O) groups is 1. The van der Waals surface area contributed by atoms with E-state index in [4.69, 9.17) is 9.47 Å². The van der Waals surface area contributed by atoms with Crippen LogP contribution in [0.4, 0.5) is 5.82 Å². The molecule has 1 fully saturated rings. The van der Waals surface area contributed by atoms with Crippen molar-refractivity contribution in [2.24, 2.45) is 0 Å². The van der Waals surface area contributed by atoms with Crippen molar-refractivity contribution in [2.45, 2.75) is 25.8 Å². The van der Waals surface area contributed by atoms with E-state index in [9.17, 15) is 4.79 Å². The molecule has 27 heavy (non-hydrogen) atoms. The van der Waals surface area contributed by atoms with E-state index >= 15 is 0 Å². The van der Waals surface area contributed by atoms with Gasteiger partial charge in [0.1, 0.15) is 0 Å². The van der Waals surface area contributed by atoms with Gasteiger partial charge in [-0.25, -0.2) is 0 Å². The molecule has 0 saturated carbocycles. The van der Waals surface area contributed by atoms with E-state index in [1.165, 1.54) is 0 Å². The van der Waals surface area contributed by atoms with Gasteiger partial charge in [-0.05, 0) is 49.6 Å². The number of methoxy groups -OCH3 is 2. The molecule has 1 atom stereocenters. The maximum absolute atomic E-state index is 13.2. The second-order valence-corrected chi connectivity index (χ2v) is 6.76. The number of aryl methyl sites for hydroxylation is 1. The Bertz CT molecular complexity index is 797.